The Morgan fingerprint density at radius 1 is 0.824 bits per heavy atom. The Kier molecular flexibility index (Phi) is 6.70. The Morgan fingerprint density at radius 3 is 2.35 bits per heavy atom. The normalized spacial score (nSPS) is 14.3. The van der Waals surface area contributed by atoms with E-state index >= 15 is 0 Å². The molecular formula is C28H27N3O2S. The lowest BCUT2D eigenvalue weighted by Crippen LogP contribution is -2.48. The summed E-state index contributed by atoms with van der Waals surface area (Å²) in [5.41, 5.74) is 3.00. The van der Waals surface area contributed by atoms with Crippen LogP contribution < -0.4 is 5.32 Å². The lowest BCUT2D eigenvalue weighted by Gasteiger charge is -2.35. The lowest BCUT2D eigenvalue weighted by atomic mass is 10.0. The minimum absolute atomic E-state index is 0.0685. The first kappa shape index (κ1) is 22.3. The van der Waals surface area contributed by atoms with Crippen molar-refractivity contribution >= 4 is 33.9 Å². The third kappa shape index (κ3) is 5.03. The summed E-state index contributed by atoms with van der Waals surface area (Å²) in [6.45, 7) is 4.52. The maximum Gasteiger partial charge on any atom is 0.261 e. The number of thiophene rings is 1. The van der Waals surface area contributed by atoms with Crippen molar-refractivity contribution in [2.24, 2.45) is 0 Å². The second-order valence-electron chi connectivity index (χ2n) is 8.56. The number of rotatable bonds is 6. The van der Waals surface area contributed by atoms with Gasteiger partial charge in [0.25, 0.3) is 11.8 Å². The number of nitrogens with zero attached hydrogens (tertiary/aromatic N) is 2. The summed E-state index contributed by atoms with van der Waals surface area (Å²) in [5, 5.41) is 7.38. The second-order valence-corrected chi connectivity index (χ2v) is 9.51. The molecule has 1 aliphatic heterocycles. The fourth-order valence-electron chi connectivity index (χ4n) is 4.41. The molecule has 0 unspecified atom stereocenters. The van der Waals surface area contributed by atoms with Gasteiger partial charge in [-0.25, -0.2) is 0 Å². The highest BCUT2D eigenvalue weighted by Gasteiger charge is 2.22. The first-order valence-corrected chi connectivity index (χ1v) is 12.4. The van der Waals surface area contributed by atoms with Crippen LogP contribution in [0.3, 0.4) is 0 Å². The van der Waals surface area contributed by atoms with Gasteiger partial charge in [0.05, 0.1) is 4.88 Å². The summed E-state index contributed by atoms with van der Waals surface area (Å²) in [6.07, 6.45) is 0. The summed E-state index contributed by atoms with van der Waals surface area (Å²) in [6, 6.07) is 26.2. The van der Waals surface area contributed by atoms with Crippen LogP contribution in [0.5, 0.6) is 0 Å². The van der Waals surface area contributed by atoms with Crippen LogP contribution in [0, 0.1) is 0 Å². The van der Waals surface area contributed by atoms with Gasteiger partial charge in [-0.3, -0.25) is 14.5 Å². The van der Waals surface area contributed by atoms with Gasteiger partial charge in [-0.2, -0.15) is 0 Å². The predicted octanol–water partition coefficient (Wildman–Crippen LogP) is 4.79. The molecule has 1 aliphatic rings. The number of benzene rings is 3. The number of amides is 2. The van der Waals surface area contributed by atoms with Crippen molar-refractivity contribution in [3.63, 3.8) is 0 Å². The molecule has 4 aromatic rings. The van der Waals surface area contributed by atoms with E-state index in [0.717, 1.165) is 38.3 Å². The van der Waals surface area contributed by atoms with Gasteiger partial charge < -0.3 is 10.2 Å². The summed E-state index contributed by atoms with van der Waals surface area (Å²) in [4.78, 5) is 30.2. The monoisotopic (exact) mass is 469 g/mol. The highest BCUT2D eigenvalue weighted by molar-refractivity contribution is 7.12. The number of hydrogen-bond acceptors (Lipinski definition) is 4. The van der Waals surface area contributed by atoms with Gasteiger partial charge in [0.2, 0.25) is 0 Å². The molecule has 0 bridgehead atoms. The number of carbonyl (C=O) groups excluding carboxylic acids is 2. The quantitative estimate of drug-likeness (QED) is 0.442. The number of piperazine rings is 1. The van der Waals surface area contributed by atoms with Crippen molar-refractivity contribution in [1.82, 2.24) is 15.1 Å². The van der Waals surface area contributed by atoms with Crippen molar-refractivity contribution in [1.29, 1.82) is 0 Å². The van der Waals surface area contributed by atoms with Crippen LogP contribution in [0.1, 0.15) is 31.2 Å². The molecule has 1 N–H and O–H groups in total. The zero-order valence-electron chi connectivity index (χ0n) is 18.9. The van der Waals surface area contributed by atoms with E-state index in [1.54, 1.807) is 0 Å². The SMILES string of the molecule is O=C(NCc1ccc(C(=O)N2CCN(Cc3cccc4ccccc34)CC2)cc1)c1cccs1. The van der Waals surface area contributed by atoms with Crippen molar-refractivity contribution in [2.45, 2.75) is 13.1 Å². The summed E-state index contributed by atoms with van der Waals surface area (Å²) < 4.78 is 0. The van der Waals surface area contributed by atoms with Gasteiger partial charge in [-0.05, 0) is 45.5 Å². The Morgan fingerprint density at radius 2 is 1.59 bits per heavy atom. The highest BCUT2D eigenvalue weighted by Crippen LogP contribution is 2.21. The number of nitrogens with one attached hydrogen (secondary N) is 1. The molecule has 1 aromatic heterocycles. The second kappa shape index (κ2) is 10.2. The number of fused-ring (bicyclic) bond motifs is 1. The Hall–Kier alpha value is -3.48. The van der Waals surface area contributed by atoms with Crippen LogP contribution in [0.25, 0.3) is 10.8 Å². The maximum absolute atomic E-state index is 13.0. The molecule has 1 saturated heterocycles. The molecule has 0 atom stereocenters. The standard InChI is InChI=1S/C28H27N3O2S/c32-27(26-9-4-18-34-26)29-19-21-10-12-23(13-11-21)28(33)31-16-14-30(15-17-31)20-24-7-3-6-22-5-1-2-8-25(22)24/h1-13,18H,14-17,19-20H2,(H,29,32). The van der Waals surface area contributed by atoms with Gasteiger partial charge in [0.1, 0.15) is 0 Å². The summed E-state index contributed by atoms with van der Waals surface area (Å²) >= 11 is 1.42. The van der Waals surface area contributed by atoms with Gasteiger partial charge in [0, 0.05) is 44.8 Å². The fraction of sp³-hybridized carbons (Fsp3) is 0.214. The Labute approximate surface area is 203 Å². The van der Waals surface area contributed by atoms with Crippen LogP contribution in [-0.4, -0.2) is 47.8 Å². The van der Waals surface area contributed by atoms with Crippen molar-refractivity contribution < 1.29 is 9.59 Å². The van der Waals surface area contributed by atoms with Crippen LogP contribution in [0.4, 0.5) is 0 Å². The van der Waals surface area contributed by atoms with Gasteiger partial charge in [-0.15, -0.1) is 11.3 Å². The molecule has 5 rings (SSSR count). The molecule has 2 amide bonds. The zero-order chi connectivity index (χ0) is 23.3. The van der Waals surface area contributed by atoms with E-state index in [0.29, 0.717) is 17.0 Å². The third-order valence-electron chi connectivity index (χ3n) is 6.33. The van der Waals surface area contributed by atoms with E-state index < -0.39 is 0 Å². The van der Waals surface area contributed by atoms with Crippen LogP contribution in [-0.2, 0) is 13.1 Å². The highest BCUT2D eigenvalue weighted by atomic mass is 32.1. The van der Waals surface area contributed by atoms with E-state index in [2.05, 4.69) is 52.7 Å². The van der Waals surface area contributed by atoms with Gasteiger partial charge >= 0.3 is 0 Å². The van der Waals surface area contributed by atoms with E-state index in [9.17, 15) is 9.59 Å². The van der Waals surface area contributed by atoms with E-state index in [-0.39, 0.29) is 11.8 Å². The topological polar surface area (TPSA) is 52.7 Å². The zero-order valence-corrected chi connectivity index (χ0v) is 19.8. The minimum atomic E-state index is -0.0727. The molecule has 172 valence electrons. The smallest absolute Gasteiger partial charge is 0.261 e. The molecule has 6 heteroatoms. The minimum Gasteiger partial charge on any atom is -0.347 e. The Bertz CT molecular complexity index is 1270. The van der Waals surface area contributed by atoms with Crippen LogP contribution in [0.2, 0.25) is 0 Å². The molecule has 1 fully saturated rings. The summed E-state index contributed by atoms with van der Waals surface area (Å²) in [5.74, 6) is -0.00416. The first-order chi connectivity index (χ1) is 16.7. The van der Waals surface area contributed by atoms with Gasteiger partial charge in [-0.1, -0.05) is 60.7 Å². The van der Waals surface area contributed by atoms with Crippen LogP contribution >= 0.6 is 11.3 Å². The van der Waals surface area contributed by atoms with Crippen molar-refractivity contribution in [2.75, 3.05) is 26.2 Å². The molecule has 2 heterocycles. The molecule has 0 saturated carbocycles. The largest absolute Gasteiger partial charge is 0.347 e. The Balaban J connectivity index is 1.14. The van der Waals surface area contributed by atoms with Crippen LogP contribution in [0.15, 0.2) is 84.2 Å². The maximum atomic E-state index is 13.0. The first-order valence-electron chi connectivity index (χ1n) is 11.6. The molecule has 3 aromatic carbocycles. The molecule has 0 radical (unpaired) electrons. The van der Waals surface area contributed by atoms with Crippen molar-refractivity contribution in [3.8, 4) is 0 Å². The van der Waals surface area contributed by atoms with Gasteiger partial charge in [0.15, 0.2) is 0 Å². The molecular weight excluding hydrogens is 442 g/mol. The molecule has 34 heavy (non-hydrogen) atoms. The molecule has 0 spiro atoms. The third-order valence-corrected chi connectivity index (χ3v) is 7.20. The van der Waals surface area contributed by atoms with Crippen molar-refractivity contribution in [3.05, 3.63) is 106 Å². The lowest BCUT2D eigenvalue weighted by molar-refractivity contribution is 0.0628. The molecule has 5 nitrogen and oxygen atoms in total. The molecule has 0 aliphatic carbocycles. The van der Waals surface area contributed by atoms with E-state index in [4.69, 9.17) is 0 Å². The predicted molar refractivity (Wildman–Crippen MR) is 137 cm³/mol. The van der Waals surface area contributed by atoms with E-state index in [1.807, 2.05) is 46.7 Å². The fourth-order valence-corrected chi connectivity index (χ4v) is 5.05. The average Bonchev–Trinajstić information content (AvgIpc) is 3.43. The van der Waals surface area contributed by atoms with E-state index in [1.165, 1.54) is 27.7 Å². The average molecular weight is 470 g/mol. The summed E-state index contributed by atoms with van der Waals surface area (Å²) in [7, 11) is 0. The number of hydrogen-bond donors (Lipinski definition) is 1. The number of carbonyl (C=O) groups is 2.